The molecule has 120 valence electrons. The second kappa shape index (κ2) is 7.49. The van der Waals surface area contributed by atoms with E-state index in [0.717, 1.165) is 51.8 Å². The Bertz CT molecular complexity index is 674. The van der Waals surface area contributed by atoms with Gasteiger partial charge in [0, 0.05) is 18.7 Å². The van der Waals surface area contributed by atoms with Gasteiger partial charge in [-0.3, -0.25) is 4.79 Å². The number of nitrogens with zero attached hydrogens (tertiary/aromatic N) is 1. The van der Waals surface area contributed by atoms with Crippen molar-refractivity contribution in [1.29, 1.82) is 0 Å². The van der Waals surface area contributed by atoms with Crippen LogP contribution in [0.25, 0.3) is 0 Å². The van der Waals surface area contributed by atoms with Crippen LogP contribution in [0.5, 0.6) is 5.75 Å². The maximum atomic E-state index is 12.3. The van der Waals surface area contributed by atoms with Gasteiger partial charge in [0.1, 0.15) is 12.4 Å². The highest BCUT2D eigenvalue weighted by molar-refractivity contribution is 9.11. The molecule has 1 amide bonds. The van der Waals surface area contributed by atoms with E-state index < -0.39 is 0 Å². The Kier molecular flexibility index (Phi) is 5.38. The number of halogens is 2. The normalized spacial score (nSPS) is 14.1. The Balaban J connectivity index is 1.64. The minimum absolute atomic E-state index is 0.128. The molecule has 0 aromatic heterocycles. The van der Waals surface area contributed by atoms with Crippen LogP contribution in [0.2, 0.25) is 0 Å². The number of carbonyl (C=O) groups excluding carboxylic acids is 1. The van der Waals surface area contributed by atoms with Gasteiger partial charge in [0.15, 0.2) is 0 Å². The molecular weight excluding hydrogens is 422 g/mol. The van der Waals surface area contributed by atoms with E-state index in [1.165, 1.54) is 0 Å². The Hall–Kier alpha value is -1.33. The molecule has 5 heteroatoms. The zero-order valence-corrected chi connectivity index (χ0v) is 15.8. The van der Waals surface area contributed by atoms with E-state index in [1.807, 2.05) is 47.4 Å². The first-order valence-corrected chi connectivity index (χ1v) is 9.19. The number of para-hydroxylation sites is 1. The van der Waals surface area contributed by atoms with Gasteiger partial charge in [-0.05, 0) is 74.5 Å². The Labute approximate surface area is 152 Å². The van der Waals surface area contributed by atoms with Gasteiger partial charge >= 0.3 is 0 Å². The van der Waals surface area contributed by atoms with Crippen LogP contribution in [-0.2, 0) is 6.61 Å². The lowest BCUT2D eigenvalue weighted by molar-refractivity contribution is 0.0793. The highest BCUT2D eigenvalue weighted by atomic mass is 79.9. The lowest BCUT2D eigenvalue weighted by Gasteiger charge is -2.15. The van der Waals surface area contributed by atoms with Crippen molar-refractivity contribution in [1.82, 2.24) is 4.90 Å². The molecule has 3 rings (SSSR count). The SMILES string of the molecule is O=C(c1ccc(COc2c(Br)cccc2Br)cc1)N1CCCC1. The zero-order chi connectivity index (χ0) is 16.2. The molecule has 0 saturated carbocycles. The van der Waals surface area contributed by atoms with Gasteiger partial charge in [-0.15, -0.1) is 0 Å². The lowest BCUT2D eigenvalue weighted by Crippen LogP contribution is -2.27. The van der Waals surface area contributed by atoms with E-state index in [1.54, 1.807) is 0 Å². The van der Waals surface area contributed by atoms with Crippen molar-refractivity contribution in [3.05, 3.63) is 62.5 Å². The number of hydrogen-bond donors (Lipinski definition) is 0. The zero-order valence-electron chi connectivity index (χ0n) is 12.6. The topological polar surface area (TPSA) is 29.5 Å². The standard InChI is InChI=1S/C18H17Br2NO2/c19-15-4-3-5-16(20)17(15)23-12-13-6-8-14(9-7-13)18(22)21-10-1-2-11-21/h3-9H,1-2,10-12H2. The number of likely N-dealkylation sites (tertiary alicyclic amines) is 1. The summed E-state index contributed by atoms with van der Waals surface area (Å²) >= 11 is 6.97. The number of hydrogen-bond acceptors (Lipinski definition) is 2. The van der Waals surface area contributed by atoms with Crippen LogP contribution in [0.1, 0.15) is 28.8 Å². The Morgan fingerprint density at radius 1 is 1.00 bits per heavy atom. The summed E-state index contributed by atoms with van der Waals surface area (Å²) in [6.45, 7) is 2.21. The van der Waals surface area contributed by atoms with Crippen LogP contribution >= 0.6 is 31.9 Å². The highest BCUT2D eigenvalue weighted by Gasteiger charge is 2.19. The Morgan fingerprint density at radius 3 is 2.22 bits per heavy atom. The van der Waals surface area contributed by atoms with Crippen molar-refractivity contribution in [3.63, 3.8) is 0 Å². The highest BCUT2D eigenvalue weighted by Crippen LogP contribution is 2.33. The fraction of sp³-hybridized carbons (Fsp3) is 0.278. The first-order chi connectivity index (χ1) is 11.1. The van der Waals surface area contributed by atoms with E-state index in [9.17, 15) is 4.79 Å². The summed E-state index contributed by atoms with van der Waals surface area (Å²) in [5, 5.41) is 0. The molecular formula is C18H17Br2NO2. The summed E-state index contributed by atoms with van der Waals surface area (Å²) in [4.78, 5) is 14.2. The van der Waals surface area contributed by atoms with Crippen molar-refractivity contribution in [2.75, 3.05) is 13.1 Å². The second-order valence-electron chi connectivity index (χ2n) is 5.54. The summed E-state index contributed by atoms with van der Waals surface area (Å²) in [6.07, 6.45) is 2.22. The van der Waals surface area contributed by atoms with Crippen LogP contribution < -0.4 is 4.74 Å². The van der Waals surface area contributed by atoms with Gasteiger partial charge in [-0.1, -0.05) is 18.2 Å². The average Bonchev–Trinajstić information content (AvgIpc) is 3.09. The van der Waals surface area contributed by atoms with Crippen LogP contribution in [0.15, 0.2) is 51.4 Å². The third-order valence-corrected chi connectivity index (χ3v) is 5.15. The van der Waals surface area contributed by atoms with Crippen molar-refractivity contribution in [2.45, 2.75) is 19.4 Å². The van der Waals surface area contributed by atoms with Crippen molar-refractivity contribution in [2.24, 2.45) is 0 Å². The molecule has 1 aliphatic rings. The largest absolute Gasteiger partial charge is 0.487 e. The van der Waals surface area contributed by atoms with Gasteiger partial charge in [0.05, 0.1) is 8.95 Å². The molecule has 2 aromatic carbocycles. The van der Waals surface area contributed by atoms with Crippen molar-refractivity contribution < 1.29 is 9.53 Å². The predicted octanol–water partition coefficient (Wildman–Crippen LogP) is 5.03. The van der Waals surface area contributed by atoms with E-state index in [4.69, 9.17) is 4.74 Å². The number of amides is 1. The van der Waals surface area contributed by atoms with Crippen molar-refractivity contribution in [3.8, 4) is 5.75 Å². The molecule has 0 spiro atoms. The van der Waals surface area contributed by atoms with Gasteiger partial charge in [0.2, 0.25) is 0 Å². The quantitative estimate of drug-likeness (QED) is 0.670. The van der Waals surface area contributed by atoms with Crippen molar-refractivity contribution >= 4 is 37.8 Å². The lowest BCUT2D eigenvalue weighted by atomic mass is 10.1. The number of ether oxygens (including phenoxy) is 1. The Morgan fingerprint density at radius 2 is 1.61 bits per heavy atom. The summed E-state index contributed by atoms with van der Waals surface area (Å²) in [5.41, 5.74) is 1.78. The molecule has 0 N–H and O–H groups in total. The minimum atomic E-state index is 0.128. The molecule has 0 atom stereocenters. The van der Waals surface area contributed by atoms with Gasteiger partial charge in [-0.25, -0.2) is 0 Å². The van der Waals surface area contributed by atoms with Crippen LogP contribution in [0, 0.1) is 0 Å². The molecule has 1 saturated heterocycles. The fourth-order valence-corrected chi connectivity index (χ4v) is 3.85. The van der Waals surface area contributed by atoms with E-state index in [2.05, 4.69) is 31.9 Å². The van der Waals surface area contributed by atoms with Gasteiger partial charge < -0.3 is 9.64 Å². The van der Waals surface area contributed by atoms with Crippen LogP contribution in [0.4, 0.5) is 0 Å². The first kappa shape index (κ1) is 16.5. The maximum Gasteiger partial charge on any atom is 0.253 e. The summed E-state index contributed by atoms with van der Waals surface area (Å²) < 4.78 is 7.68. The minimum Gasteiger partial charge on any atom is -0.487 e. The molecule has 1 fully saturated rings. The molecule has 23 heavy (non-hydrogen) atoms. The summed E-state index contributed by atoms with van der Waals surface area (Å²) in [5.74, 6) is 0.910. The van der Waals surface area contributed by atoms with E-state index in [0.29, 0.717) is 6.61 Å². The van der Waals surface area contributed by atoms with E-state index in [-0.39, 0.29) is 5.91 Å². The van der Waals surface area contributed by atoms with Crippen LogP contribution in [0.3, 0.4) is 0 Å². The molecule has 1 aliphatic heterocycles. The number of benzene rings is 2. The van der Waals surface area contributed by atoms with E-state index >= 15 is 0 Å². The predicted molar refractivity (Wildman–Crippen MR) is 97.8 cm³/mol. The molecule has 3 nitrogen and oxygen atoms in total. The van der Waals surface area contributed by atoms with Gasteiger partial charge in [0.25, 0.3) is 5.91 Å². The van der Waals surface area contributed by atoms with Crippen LogP contribution in [-0.4, -0.2) is 23.9 Å². The maximum absolute atomic E-state index is 12.3. The first-order valence-electron chi connectivity index (χ1n) is 7.60. The average molecular weight is 439 g/mol. The van der Waals surface area contributed by atoms with Gasteiger partial charge in [-0.2, -0.15) is 0 Å². The fourth-order valence-electron chi connectivity index (χ4n) is 2.62. The third-order valence-electron chi connectivity index (χ3n) is 3.90. The molecule has 0 bridgehead atoms. The smallest absolute Gasteiger partial charge is 0.253 e. The molecule has 2 aromatic rings. The third kappa shape index (κ3) is 3.96. The summed E-state index contributed by atoms with van der Waals surface area (Å²) in [7, 11) is 0. The number of carbonyl (C=O) groups is 1. The monoisotopic (exact) mass is 437 g/mol. The molecule has 0 radical (unpaired) electrons. The number of rotatable bonds is 4. The molecule has 0 aliphatic carbocycles. The molecule has 1 heterocycles. The second-order valence-corrected chi connectivity index (χ2v) is 7.24. The molecule has 0 unspecified atom stereocenters. The summed E-state index contributed by atoms with van der Waals surface area (Å²) in [6, 6.07) is 13.5.